The molecule has 1 amide bonds. The molecule has 1 N–H and O–H groups in total. The van der Waals surface area contributed by atoms with Crippen LogP contribution >= 0.6 is 0 Å². The largest absolute Gasteiger partial charge is 0.511 e. The van der Waals surface area contributed by atoms with Crippen LogP contribution in [0, 0.1) is 12.3 Å². The number of hydrogen-bond donors (Lipinski definition) is 1. The Morgan fingerprint density at radius 1 is 1.25 bits per heavy atom. The number of allylic oxidation sites excluding steroid dienone is 2. The fraction of sp³-hybridized carbons (Fsp3) is 0.526. The van der Waals surface area contributed by atoms with Gasteiger partial charge in [-0.1, -0.05) is 13.8 Å². The first-order valence-corrected chi connectivity index (χ1v) is 8.72. The van der Waals surface area contributed by atoms with E-state index in [0.29, 0.717) is 5.69 Å². The summed E-state index contributed by atoms with van der Waals surface area (Å²) in [4.78, 5) is 51.1. The second-order valence-corrected chi connectivity index (χ2v) is 7.86. The van der Waals surface area contributed by atoms with Gasteiger partial charge in [-0.2, -0.15) is 5.10 Å². The van der Waals surface area contributed by atoms with Crippen molar-refractivity contribution in [3.8, 4) is 0 Å². The van der Waals surface area contributed by atoms with E-state index in [1.165, 1.54) is 11.0 Å². The van der Waals surface area contributed by atoms with Crippen LogP contribution in [0.25, 0.3) is 0 Å². The Hall–Kier alpha value is -1.77. The molecule has 8 nitrogen and oxygen atoms in total. The average Bonchev–Trinajstić information content (AvgIpc) is 2.52. The Balaban J connectivity index is 0.00000392. The second-order valence-electron chi connectivity index (χ2n) is 7.86. The van der Waals surface area contributed by atoms with E-state index in [1.54, 1.807) is 21.0 Å². The third-order valence-corrected chi connectivity index (χ3v) is 4.46. The Bertz CT molecular complexity index is 899. The number of aryl methyl sites for hydroxylation is 2. The van der Waals surface area contributed by atoms with Crippen LogP contribution in [0.4, 0.5) is 0 Å². The van der Waals surface area contributed by atoms with Gasteiger partial charge in [0.15, 0.2) is 5.78 Å². The summed E-state index contributed by atoms with van der Waals surface area (Å²) in [6, 6.07) is 1.31. The number of hydrogen-bond acceptors (Lipinski definition) is 6. The number of rotatable bonds is 5. The van der Waals surface area contributed by atoms with E-state index in [-0.39, 0.29) is 78.2 Å². The van der Waals surface area contributed by atoms with Crippen molar-refractivity contribution in [1.82, 2.24) is 14.7 Å². The Labute approximate surface area is 185 Å². The monoisotopic (exact) mass is 398 g/mol. The summed E-state index contributed by atoms with van der Waals surface area (Å²) in [5.74, 6) is -1.74. The van der Waals surface area contributed by atoms with E-state index >= 15 is 0 Å². The number of ketones is 2. The fourth-order valence-corrected chi connectivity index (χ4v) is 3.09. The summed E-state index contributed by atoms with van der Waals surface area (Å²) in [6.45, 7) is 5.28. The maximum Gasteiger partial charge on any atom is 0.278 e. The molecule has 0 unspecified atom stereocenters. The molecule has 2 rings (SSSR count). The second kappa shape index (κ2) is 9.15. The molecule has 9 heteroatoms. The molecule has 0 spiro atoms. The molecule has 0 bridgehead atoms. The van der Waals surface area contributed by atoms with Gasteiger partial charge >= 0.3 is 0 Å². The van der Waals surface area contributed by atoms with E-state index in [4.69, 9.17) is 0 Å². The SMILES string of the molecule is Cc1cc(C(=O)C2=C(O)CC(C)(C)CC2=O)c(=O)n(CCC(=O)N(C)C)n1.[Na]. The van der Waals surface area contributed by atoms with Crippen LogP contribution in [0.3, 0.4) is 0 Å². The zero-order valence-electron chi connectivity index (χ0n) is 17.3. The van der Waals surface area contributed by atoms with Gasteiger partial charge in [-0.25, -0.2) is 4.68 Å². The fourth-order valence-electron chi connectivity index (χ4n) is 3.09. The van der Waals surface area contributed by atoms with Gasteiger partial charge in [-0.05, 0) is 18.4 Å². The topological polar surface area (TPSA) is 110 Å². The first-order chi connectivity index (χ1) is 12.4. The summed E-state index contributed by atoms with van der Waals surface area (Å²) in [5.41, 5.74) is -1.28. The van der Waals surface area contributed by atoms with E-state index in [1.807, 2.05) is 13.8 Å². The van der Waals surface area contributed by atoms with Gasteiger partial charge in [0.1, 0.15) is 11.3 Å². The molecule has 28 heavy (non-hydrogen) atoms. The molecule has 0 atom stereocenters. The molecule has 0 aliphatic heterocycles. The molecule has 1 heterocycles. The van der Waals surface area contributed by atoms with Crippen LogP contribution in [0.2, 0.25) is 0 Å². The molecular formula is C19H25N3NaO5. The van der Waals surface area contributed by atoms with E-state index in [2.05, 4.69) is 5.10 Å². The summed E-state index contributed by atoms with van der Waals surface area (Å²) in [5, 5.41) is 14.3. The molecule has 0 fully saturated rings. The molecule has 1 aromatic rings. The van der Waals surface area contributed by atoms with Gasteiger partial charge in [0, 0.05) is 62.9 Å². The van der Waals surface area contributed by atoms with Gasteiger partial charge in [0.05, 0.1) is 17.8 Å². The van der Waals surface area contributed by atoms with Gasteiger partial charge < -0.3 is 10.0 Å². The van der Waals surface area contributed by atoms with Crippen LogP contribution < -0.4 is 5.56 Å². The smallest absolute Gasteiger partial charge is 0.278 e. The molecule has 1 aromatic heterocycles. The minimum Gasteiger partial charge on any atom is -0.511 e. The van der Waals surface area contributed by atoms with Crippen LogP contribution in [-0.2, 0) is 16.1 Å². The minimum atomic E-state index is -0.795. The van der Waals surface area contributed by atoms with Gasteiger partial charge in [-0.15, -0.1) is 0 Å². The third-order valence-electron chi connectivity index (χ3n) is 4.46. The number of nitrogens with zero attached hydrogens (tertiary/aromatic N) is 3. The van der Waals surface area contributed by atoms with Crippen LogP contribution in [0.5, 0.6) is 0 Å². The summed E-state index contributed by atoms with van der Waals surface area (Å²) >= 11 is 0. The normalized spacial score (nSPS) is 15.8. The van der Waals surface area contributed by atoms with E-state index < -0.39 is 22.5 Å². The van der Waals surface area contributed by atoms with Crippen LogP contribution in [-0.4, -0.2) is 80.9 Å². The van der Waals surface area contributed by atoms with Crippen molar-refractivity contribution in [2.24, 2.45) is 5.41 Å². The van der Waals surface area contributed by atoms with E-state index in [0.717, 1.165) is 4.68 Å². The number of carbonyl (C=O) groups excluding carboxylic acids is 3. The molecule has 0 saturated carbocycles. The predicted octanol–water partition coefficient (Wildman–Crippen LogP) is 1.03. The van der Waals surface area contributed by atoms with Crippen molar-refractivity contribution in [2.45, 2.75) is 46.6 Å². The summed E-state index contributed by atoms with van der Waals surface area (Å²) in [6.07, 6.45) is 0.362. The maximum absolute atomic E-state index is 12.8. The molecular weight excluding hydrogens is 373 g/mol. The van der Waals surface area contributed by atoms with Crippen LogP contribution in [0.1, 0.15) is 49.2 Å². The molecule has 1 aliphatic carbocycles. The van der Waals surface area contributed by atoms with Crippen molar-refractivity contribution in [2.75, 3.05) is 14.1 Å². The van der Waals surface area contributed by atoms with Crippen molar-refractivity contribution >= 4 is 47.0 Å². The predicted molar refractivity (Wildman–Crippen MR) is 104 cm³/mol. The van der Waals surface area contributed by atoms with Gasteiger partial charge in [-0.3, -0.25) is 19.2 Å². The molecule has 0 saturated heterocycles. The standard InChI is InChI=1S/C19H25N3O5.Na/c1-11-8-12(18(27)22(20-11)7-6-15(25)21(4)5)17(26)16-13(23)9-19(2,3)10-14(16)24;/h8,23H,6-7,9-10H2,1-5H3;. The van der Waals surface area contributed by atoms with Crippen molar-refractivity contribution < 1.29 is 19.5 Å². The Kier molecular flexibility index (Phi) is 7.93. The first kappa shape index (κ1) is 24.3. The number of Topliss-reactive ketones (excluding diaryl/α,β-unsaturated/α-hetero) is 2. The number of amides is 1. The quantitative estimate of drug-likeness (QED) is 0.451. The summed E-state index contributed by atoms with van der Waals surface area (Å²) in [7, 11) is 3.21. The first-order valence-electron chi connectivity index (χ1n) is 8.72. The minimum absolute atomic E-state index is 0. The Morgan fingerprint density at radius 3 is 2.39 bits per heavy atom. The molecule has 1 radical (unpaired) electrons. The van der Waals surface area contributed by atoms with Crippen molar-refractivity contribution in [3.05, 3.63) is 39.0 Å². The van der Waals surface area contributed by atoms with Crippen molar-refractivity contribution in [1.29, 1.82) is 0 Å². The van der Waals surface area contributed by atoms with Crippen molar-refractivity contribution in [3.63, 3.8) is 0 Å². The van der Waals surface area contributed by atoms with E-state index in [9.17, 15) is 24.3 Å². The number of aliphatic hydroxyl groups is 1. The maximum atomic E-state index is 12.8. The third kappa shape index (κ3) is 5.40. The van der Waals surface area contributed by atoms with Crippen LogP contribution in [0.15, 0.2) is 22.2 Å². The number of aromatic nitrogens is 2. The number of aliphatic hydroxyl groups excluding tert-OH is 1. The summed E-state index contributed by atoms with van der Waals surface area (Å²) < 4.78 is 1.05. The molecule has 0 aromatic carbocycles. The number of carbonyl (C=O) groups is 3. The average molecular weight is 398 g/mol. The zero-order chi connectivity index (χ0) is 20.5. The molecule has 147 valence electrons. The molecule has 1 aliphatic rings. The van der Waals surface area contributed by atoms with Gasteiger partial charge in [0.2, 0.25) is 11.7 Å². The Morgan fingerprint density at radius 2 is 1.86 bits per heavy atom. The zero-order valence-corrected chi connectivity index (χ0v) is 19.3. The van der Waals surface area contributed by atoms with Gasteiger partial charge in [0.25, 0.3) is 5.56 Å².